The fourth-order valence-electron chi connectivity index (χ4n) is 6.52. The summed E-state index contributed by atoms with van der Waals surface area (Å²) in [5, 5.41) is 11.3. The first-order chi connectivity index (χ1) is 17.2. The van der Waals surface area contributed by atoms with Gasteiger partial charge in [0.1, 0.15) is 6.04 Å². The molecular weight excluding hydrogens is 463 g/mol. The number of carbonyl (C=O) groups excluding carboxylic acids is 2. The molecule has 2 aliphatic carbocycles. The van der Waals surface area contributed by atoms with Gasteiger partial charge in [0.25, 0.3) is 5.91 Å². The van der Waals surface area contributed by atoms with Crippen LogP contribution in [0.25, 0.3) is 0 Å². The highest BCUT2D eigenvalue weighted by atomic mass is 19.2. The van der Waals surface area contributed by atoms with Crippen molar-refractivity contribution in [2.24, 2.45) is 0 Å². The van der Waals surface area contributed by atoms with Crippen LogP contribution in [-0.4, -0.2) is 101 Å². The standard InChI is InChI=1S/C27H39FN4O4/c1-29(2)27(21-7-4-3-5-8-21)14-12-25(13-15-27)19-30(16-9-23(33)32(28)22-17-36-18-22)24(34)31(25)20-26(35)10-6-11-26/h3-5,7-8,22,35H,6,9-20H2,1-2H3. The third-order valence-corrected chi connectivity index (χ3v) is 9.25. The first-order valence-corrected chi connectivity index (χ1v) is 13.3. The molecule has 3 amide bonds. The summed E-state index contributed by atoms with van der Waals surface area (Å²) in [6, 6.07) is 9.89. The smallest absolute Gasteiger partial charge is 0.320 e. The van der Waals surface area contributed by atoms with Crippen LogP contribution < -0.4 is 0 Å². The molecule has 0 bridgehead atoms. The molecule has 9 heteroatoms. The number of urea groups is 1. The average molecular weight is 503 g/mol. The predicted molar refractivity (Wildman–Crippen MR) is 133 cm³/mol. The third kappa shape index (κ3) is 4.39. The van der Waals surface area contributed by atoms with Crippen LogP contribution in [0.3, 0.4) is 0 Å². The van der Waals surface area contributed by atoms with Crippen LogP contribution in [0.15, 0.2) is 30.3 Å². The van der Waals surface area contributed by atoms with E-state index in [-0.39, 0.29) is 42.9 Å². The van der Waals surface area contributed by atoms with E-state index in [1.165, 1.54) is 5.56 Å². The van der Waals surface area contributed by atoms with E-state index in [1.54, 1.807) is 4.90 Å². The van der Waals surface area contributed by atoms with Crippen molar-refractivity contribution in [3.8, 4) is 0 Å². The van der Waals surface area contributed by atoms with Gasteiger partial charge in [-0.25, -0.2) is 4.79 Å². The van der Waals surface area contributed by atoms with E-state index in [2.05, 4.69) is 43.3 Å². The second kappa shape index (κ2) is 9.58. The van der Waals surface area contributed by atoms with E-state index >= 15 is 0 Å². The molecule has 1 N–H and O–H groups in total. The lowest BCUT2D eigenvalue weighted by Gasteiger charge is -2.52. The fourth-order valence-corrected chi connectivity index (χ4v) is 6.52. The van der Waals surface area contributed by atoms with Gasteiger partial charge in [0.2, 0.25) is 0 Å². The minimum Gasteiger partial charge on any atom is -0.388 e. The maximum Gasteiger partial charge on any atom is 0.320 e. The van der Waals surface area contributed by atoms with Crippen LogP contribution >= 0.6 is 0 Å². The Kier molecular flexibility index (Phi) is 6.76. The van der Waals surface area contributed by atoms with Crippen molar-refractivity contribution >= 4 is 11.9 Å². The van der Waals surface area contributed by atoms with Gasteiger partial charge in [0.15, 0.2) is 0 Å². The summed E-state index contributed by atoms with van der Waals surface area (Å²) in [5.41, 5.74) is -0.0535. The SMILES string of the molecule is CN(C)C1(c2ccccc2)CCC2(CC1)CN(CCC(=O)N(F)C1COC1)C(=O)N2CC1(O)CCC1. The van der Waals surface area contributed by atoms with Gasteiger partial charge in [-0.05, 0) is 64.6 Å². The van der Waals surface area contributed by atoms with E-state index in [4.69, 9.17) is 4.74 Å². The van der Waals surface area contributed by atoms with Gasteiger partial charge in [-0.3, -0.25) is 9.69 Å². The Labute approximate surface area is 212 Å². The molecule has 2 saturated heterocycles. The van der Waals surface area contributed by atoms with E-state index in [0.717, 1.165) is 32.1 Å². The summed E-state index contributed by atoms with van der Waals surface area (Å²) in [4.78, 5) is 31.9. The molecule has 198 valence electrons. The number of ether oxygens (including phenoxy) is 1. The first-order valence-electron chi connectivity index (χ1n) is 13.3. The summed E-state index contributed by atoms with van der Waals surface area (Å²) in [6.45, 7) is 1.45. The Bertz CT molecular complexity index is 958. The number of aliphatic hydroxyl groups is 1. The molecule has 0 aromatic heterocycles. The van der Waals surface area contributed by atoms with Crippen LogP contribution in [0.2, 0.25) is 0 Å². The summed E-state index contributed by atoms with van der Waals surface area (Å²) in [6.07, 6.45) is 5.71. The molecule has 36 heavy (non-hydrogen) atoms. The number of hydrogen-bond donors (Lipinski definition) is 1. The molecule has 0 radical (unpaired) electrons. The number of nitrogens with zero attached hydrogens (tertiary/aromatic N) is 4. The van der Waals surface area contributed by atoms with Crippen molar-refractivity contribution in [2.45, 2.75) is 74.1 Å². The highest BCUT2D eigenvalue weighted by Gasteiger charge is 2.56. The molecule has 8 nitrogen and oxygen atoms in total. The van der Waals surface area contributed by atoms with E-state index in [9.17, 15) is 19.2 Å². The van der Waals surface area contributed by atoms with Crippen LogP contribution in [0.5, 0.6) is 0 Å². The molecule has 1 spiro atoms. The highest BCUT2D eigenvalue weighted by molar-refractivity contribution is 5.80. The van der Waals surface area contributed by atoms with E-state index in [1.807, 2.05) is 11.0 Å². The molecule has 2 saturated carbocycles. The summed E-state index contributed by atoms with van der Waals surface area (Å²) in [5.74, 6) is -0.611. The number of carbonyl (C=O) groups is 2. The second-order valence-corrected chi connectivity index (χ2v) is 11.5. The largest absolute Gasteiger partial charge is 0.388 e. The third-order valence-electron chi connectivity index (χ3n) is 9.25. The van der Waals surface area contributed by atoms with Crippen molar-refractivity contribution in [2.75, 3.05) is 46.9 Å². The normalized spacial score (nSPS) is 30.0. The number of halogens is 1. The summed E-state index contributed by atoms with van der Waals surface area (Å²) >= 11 is 0. The molecule has 4 fully saturated rings. The van der Waals surface area contributed by atoms with E-state index in [0.29, 0.717) is 25.9 Å². The Morgan fingerprint density at radius 3 is 2.31 bits per heavy atom. The Balaban J connectivity index is 1.33. The monoisotopic (exact) mass is 502 g/mol. The van der Waals surface area contributed by atoms with Gasteiger partial charge >= 0.3 is 6.03 Å². The Morgan fingerprint density at radius 1 is 1.11 bits per heavy atom. The lowest BCUT2D eigenvalue weighted by Crippen LogP contribution is -2.59. The number of rotatable bonds is 8. The molecule has 2 aliphatic heterocycles. The number of benzene rings is 1. The predicted octanol–water partition coefficient (Wildman–Crippen LogP) is 2.91. The van der Waals surface area contributed by atoms with E-state index < -0.39 is 23.1 Å². The quantitative estimate of drug-likeness (QED) is 0.554. The lowest BCUT2D eigenvalue weighted by molar-refractivity contribution is -0.175. The summed E-state index contributed by atoms with van der Waals surface area (Å²) in [7, 11) is 4.24. The zero-order valence-corrected chi connectivity index (χ0v) is 21.5. The van der Waals surface area contributed by atoms with Gasteiger partial charge in [0, 0.05) is 25.0 Å². The number of hydrogen-bond acceptors (Lipinski definition) is 5. The zero-order chi connectivity index (χ0) is 25.6. The molecule has 1 aromatic carbocycles. The fraction of sp³-hybridized carbons (Fsp3) is 0.704. The zero-order valence-electron chi connectivity index (χ0n) is 21.5. The molecule has 2 heterocycles. The molecule has 0 atom stereocenters. The van der Waals surface area contributed by atoms with Crippen LogP contribution in [0.4, 0.5) is 9.28 Å². The van der Waals surface area contributed by atoms with Crippen molar-refractivity contribution in [3.05, 3.63) is 35.9 Å². The van der Waals surface area contributed by atoms with Gasteiger partial charge in [-0.1, -0.05) is 34.8 Å². The molecule has 0 unspecified atom stereocenters. The van der Waals surface area contributed by atoms with Crippen LogP contribution in [0, 0.1) is 0 Å². The maximum atomic E-state index is 14.3. The summed E-state index contributed by atoms with van der Waals surface area (Å²) < 4.78 is 19.3. The van der Waals surface area contributed by atoms with Gasteiger partial charge in [-0.2, -0.15) is 5.12 Å². The minimum atomic E-state index is -0.829. The number of β-amino-alcohol motifs (C(OH)–C–C–N with tert-alkyl or cyclic N) is 1. The minimum absolute atomic E-state index is 0.0570. The topological polar surface area (TPSA) is 76.6 Å². The molecule has 1 aromatic rings. The van der Waals surface area contributed by atoms with Gasteiger partial charge in [-0.15, -0.1) is 0 Å². The average Bonchev–Trinajstić information content (AvgIpc) is 3.07. The van der Waals surface area contributed by atoms with Crippen molar-refractivity contribution in [1.82, 2.24) is 19.8 Å². The Morgan fingerprint density at radius 2 is 1.78 bits per heavy atom. The van der Waals surface area contributed by atoms with Crippen LogP contribution in [-0.2, 0) is 15.1 Å². The van der Waals surface area contributed by atoms with Gasteiger partial charge < -0.3 is 19.6 Å². The lowest BCUT2D eigenvalue weighted by atomic mass is 9.67. The number of amides is 3. The van der Waals surface area contributed by atoms with Crippen molar-refractivity contribution in [1.29, 1.82) is 0 Å². The van der Waals surface area contributed by atoms with Gasteiger partial charge in [0.05, 0.1) is 30.9 Å². The second-order valence-electron chi connectivity index (χ2n) is 11.5. The molecule has 4 aliphatic rings. The molecule has 5 rings (SSSR count). The maximum absolute atomic E-state index is 14.3. The van der Waals surface area contributed by atoms with Crippen LogP contribution in [0.1, 0.15) is 56.9 Å². The highest BCUT2D eigenvalue weighted by Crippen LogP contribution is 2.50. The van der Waals surface area contributed by atoms with Crippen molar-refractivity contribution in [3.63, 3.8) is 0 Å². The first kappa shape index (κ1) is 25.4. The van der Waals surface area contributed by atoms with Crippen molar-refractivity contribution < 1.29 is 23.9 Å². The molecular formula is C27H39FN4O4. The Hall–Kier alpha value is -2.23.